The number of hydrogen-bond acceptors (Lipinski definition) is 2. The highest BCUT2D eigenvalue weighted by molar-refractivity contribution is 5.94. The van der Waals surface area contributed by atoms with Gasteiger partial charge >= 0.3 is 0 Å². The molecule has 0 saturated carbocycles. The third-order valence-electron chi connectivity index (χ3n) is 4.27. The molecule has 5 heteroatoms. The van der Waals surface area contributed by atoms with Gasteiger partial charge in [-0.2, -0.15) is 0 Å². The number of aromatic nitrogens is 2. The Balaban J connectivity index is 2.11. The molecule has 1 unspecified atom stereocenters. The van der Waals surface area contributed by atoms with Gasteiger partial charge in [-0.1, -0.05) is 31.2 Å². The van der Waals surface area contributed by atoms with Crippen LogP contribution in [-0.4, -0.2) is 15.7 Å². The molecular formula is C17H21N3O2. The molecule has 0 spiro atoms. The van der Waals surface area contributed by atoms with Gasteiger partial charge in [0, 0.05) is 18.4 Å². The van der Waals surface area contributed by atoms with Crippen molar-refractivity contribution in [1.82, 2.24) is 9.78 Å². The Labute approximate surface area is 129 Å². The molecule has 0 aliphatic carbocycles. The third-order valence-corrected chi connectivity index (χ3v) is 4.27. The molecule has 0 fully saturated rings. The van der Waals surface area contributed by atoms with Crippen molar-refractivity contribution in [2.45, 2.75) is 45.6 Å². The molecule has 2 N–H and O–H groups in total. The number of nitrogens with one attached hydrogen (secondary N) is 2. The molecule has 3 rings (SSSR count). The van der Waals surface area contributed by atoms with Gasteiger partial charge in [0.25, 0.3) is 5.56 Å². The smallest absolute Gasteiger partial charge is 0.270 e. The van der Waals surface area contributed by atoms with Crippen molar-refractivity contribution in [3.8, 4) is 0 Å². The minimum Gasteiger partial charge on any atom is -0.311 e. The van der Waals surface area contributed by atoms with Crippen LogP contribution < -0.4 is 10.9 Å². The first-order valence-electron chi connectivity index (χ1n) is 7.74. The Bertz CT molecular complexity index is 753. The summed E-state index contributed by atoms with van der Waals surface area (Å²) in [7, 11) is 0. The molecule has 2 heterocycles. The van der Waals surface area contributed by atoms with Gasteiger partial charge in [-0.3, -0.25) is 19.4 Å². The maximum absolute atomic E-state index is 12.4. The Morgan fingerprint density at radius 3 is 2.50 bits per heavy atom. The van der Waals surface area contributed by atoms with E-state index in [1.165, 1.54) is 5.56 Å². The zero-order valence-electron chi connectivity index (χ0n) is 13.1. The first-order valence-corrected chi connectivity index (χ1v) is 7.74. The van der Waals surface area contributed by atoms with Gasteiger partial charge < -0.3 is 5.32 Å². The highest BCUT2D eigenvalue weighted by atomic mass is 16.2. The van der Waals surface area contributed by atoms with Crippen LogP contribution in [0.2, 0.25) is 0 Å². The zero-order valence-corrected chi connectivity index (χ0v) is 13.1. The summed E-state index contributed by atoms with van der Waals surface area (Å²) in [5, 5.41) is 5.69. The molecule has 1 amide bonds. The molecule has 2 aromatic rings. The number of hydrogen-bond donors (Lipinski definition) is 2. The second-order valence-corrected chi connectivity index (χ2v) is 6.07. The summed E-state index contributed by atoms with van der Waals surface area (Å²) in [6.45, 7) is 6.05. The Hall–Kier alpha value is -2.30. The minimum atomic E-state index is -0.182. The number of aryl methyl sites for hydroxylation is 1. The van der Waals surface area contributed by atoms with Crippen molar-refractivity contribution in [3.63, 3.8) is 0 Å². The predicted molar refractivity (Wildman–Crippen MR) is 86.3 cm³/mol. The maximum Gasteiger partial charge on any atom is 0.270 e. The second-order valence-electron chi connectivity index (χ2n) is 6.07. The summed E-state index contributed by atoms with van der Waals surface area (Å²) in [6, 6.07) is 8.26. The summed E-state index contributed by atoms with van der Waals surface area (Å²) in [4.78, 5) is 24.5. The number of benzene rings is 1. The number of nitrogens with zero attached hydrogens (tertiary/aromatic N) is 1. The SMILES string of the molecule is CCc1ccc(C2CC(=O)Nc3c2c(=O)[nH]n3C(C)C)cc1. The van der Waals surface area contributed by atoms with Crippen molar-refractivity contribution in [3.05, 3.63) is 51.3 Å². The molecule has 116 valence electrons. The molecule has 0 saturated heterocycles. The molecular weight excluding hydrogens is 278 g/mol. The minimum absolute atomic E-state index is 0.0505. The number of carbonyl (C=O) groups excluding carboxylic acids is 1. The summed E-state index contributed by atoms with van der Waals surface area (Å²) in [5.41, 5.74) is 2.81. The quantitative estimate of drug-likeness (QED) is 0.915. The van der Waals surface area contributed by atoms with Crippen LogP contribution in [-0.2, 0) is 11.2 Å². The normalized spacial score (nSPS) is 17.5. The number of carbonyl (C=O) groups is 1. The van der Waals surface area contributed by atoms with Crippen LogP contribution in [0.25, 0.3) is 0 Å². The lowest BCUT2D eigenvalue weighted by Crippen LogP contribution is -2.27. The van der Waals surface area contributed by atoms with E-state index in [-0.39, 0.29) is 23.4 Å². The van der Waals surface area contributed by atoms with Gasteiger partial charge in [0.05, 0.1) is 5.56 Å². The fourth-order valence-electron chi connectivity index (χ4n) is 3.04. The van der Waals surface area contributed by atoms with Gasteiger partial charge in [-0.15, -0.1) is 0 Å². The topological polar surface area (TPSA) is 66.9 Å². The standard InChI is InChI=1S/C17H21N3O2/c1-4-11-5-7-12(8-6-11)13-9-14(21)18-16-15(13)17(22)19-20(16)10(2)3/h5-8,10,13H,4,9H2,1-3H3,(H,18,21)(H,19,22). The fourth-order valence-corrected chi connectivity index (χ4v) is 3.04. The van der Waals surface area contributed by atoms with Crippen LogP contribution in [0.5, 0.6) is 0 Å². The van der Waals surface area contributed by atoms with Crippen molar-refractivity contribution in [1.29, 1.82) is 0 Å². The van der Waals surface area contributed by atoms with E-state index in [0.29, 0.717) is 17.8 Å². The third kappa shape index (κ3) is 2.36. The van der Waals surface area contributed by atoms with Crippen LogP contribution in [0.1, 0.15) is 55.8 Å². The monoisotopic (exact) mass is 299 g/mol. The number of fused-ring (bicyclic) bond motifs is 1. The molecule has 1 atom stereocenters. The van der Waals surface area contributed by atoms with E-state index in [2.05, 4.69) is 29.5 Å². The van der Waals surface area contributed by atoms with Crippen molar-refractivity contribution in [2.75, 3.05) is 5.32 Å². The van der Waals surface area contributed by atoms with Crippen LogP contribution >= 0.6 is 0 Å². The lowest BCUT2D eigenvalue weighted by atomic mass is 9.86. The average molecular weight is 299 g/mol. The van der Waals surface area contributed by atoms with Gasteiger partial charge in [-0.25, -0.2) is 0 Å². The maximum atomic E-state index is 12.4. The Morgan fingerprint density at radius 1 is 1.23 bits per heavy atom. The molecule has 1 aliphatic heterocycles. The molecule has 5 nitrogen and oxygen atoms in total. The van der Waals surface area contributed by atoms with E-state index in [0.717, 1.165) is 12.0 Å². The molecule has 0 bridgehead atoms. The number of anilines is 1. The number of aromatic amines is 1. The fraction of sp³-hybridized carbons (Fsp3) is 0.412. The molecule has 22 heavy (non-hydrogen) atoms. The molecule has 1 aliphatic rings. The highest BCUT2D eigenvalue weighted by Gasteiger charge is 2.32. The van der Waals surface area contributed by atoms with E-state index in [1.54, 1.807) is 4.68 Å². The van der Waals surface area contributed by atoms with E-state index < -0.39 is 0 Å². The van der Waals surface area contributed by atoms with E-state index in [1.807, 2.05) is 26.0 Å². The van der Waals surface area contributed by atoms with Crippen LogP contribution in [0.15, 0.2) is 29.1 Å². The van der Waals surface area contributed by atoms with Gasteiger partial charge in [-0.05, 0) is 31.4 Å². The average Bonchev–Trinajstić information content (AvgIpc) is 2.84. The second kappa shape index (κ2) is 5.48. The molecule has 1 aromatic carbocycles. The first-order chi connectivity index (χ1) is 10.5. The zero-order chi connectivity index (χ0) is 15.9. The number of rotatable bonds is 3. The summed E-state index contributed by atoms with van der Waals surface area (Å²) in [5.74, 6) is 0.379. The largest absolute Gasteiger partial charge is 0.311 e. The number of H-pyrrole nitrogens is 1. The summed E-state index contributed by atoms with van der Waals surface area (Å²) in [6.07, 6.45) is 1.28. The lowest BCUT2D eigenvalue weighted by Gasteiger charge is -2.24. The lowest BCUT2D eigenvalue weighted by molar-refractivity contribution is -0.116. The van der Waals surface area contributed by atoms with E-state index >= 15 is 0 Å². The van der Waals surface area contributed by atoms with E-state index in [4.69, 9.17) is 0 Å². The Kier molecular flexibility index (Phi) is 3.64. The molecule has 1 aromatic heterocycles. The van der Waals surface area contributed by atoms with Crippen LogP contribution in [0.3, 0.4) is 0 Å². The predicted octanol–water partition coefficient (Wildman–Crippen LogP) is 2.79. The molecule has 0 radical (unpaired) electrons. The van der Waals surface area contributed by atoms with Crippen molar-refractivity contribution < 1.29 is 4.79 Å². The van der Waals surface area contributed by atoms with E-state index in [9.17, 15) is 9.59 Å². The number of amides is 1. The van der Waals surface area contributed by atoms with Gasteiger partial charge in [0.15, 0.2) is 0 Å². The van der Waals surface area contributed by atoms with Crippen molar-refractivity contribution >= 4 is 11.7 Å². The summed E-state index contributed by atoms with van der Waals surface area (Å²) < 4.78 is 1.74. The van der Waals surface area contributed by atoms with Crippen LogP contribution in [0.4, 0.5) is 5.82 Å². The van der Waals surface area contributed by atoms with Crippen LogP contribution in [0, 0.1) is 0 Å². The van der Waals surface area contributed by atoms with Gasteiger partial charge in [0.2, 0.25) is 5.91 Å². The Morgan fingerprint density at radius 2 is 1.91 bits per heavy atom. The first kappa shape index (κ1) is 14.6. The highest BCUT2D eigenvalue weighted by Crippen LogP contribution is 2.35. The van der Waals surface area contributed by atoms with Gasteiger partial charge in [0.1, 0.15) is 5.82 Å². The van der Waals surface area contributed by atoms with Crippen molar-refractivity contribution in [2.24, 2.45) is 0 Å². The summed E-state index contributed by atoms with van der Waals surface area (Å²) >= 11 is 0.